The first kappa shape index (κ1) is 13.3. The Morgan fingerprint density at radius 3 is 2.20 bits per heavy atom. The molecule has 0 fully saturated rings. The Labute approximate surface area is 93.1 Å². The maximum Gasteiger partial charge on any atom is 2.00 e. The van der Waals surface area contributed by atoms with Gasteiger partial charge in [-0.3, -0.25) is 0 Å². The molecule has 0 N–H and O–H groups in total. The van der Waals surface area contributed by atoms with E-state index in [-0.39, 0.29) is 36.5 Å². The SMILES string of the molecule is [Br-].[CH2-]c1cccc(Br)c1.[Zn+2]. The van der Waals surface area contributed by atoms with E-state index in [0.29, 0.717) is 0 Å². The molecule has 0 atom stereocenters. The minimum absolute atomic E-state index is 0. The molecule has 1 rings (SSSR count). The van der Waals surface area contributed by atoms with E-state index in [1.54, 1.807) is 0 Å². The summed E-state index contributed by atoms with van der Waals surface area (Å²) in [7, 11) is 0. The normalized spacial score (nSPS) is 7.30. The first-order valence-corrected chi connectivity index (χ1v) is 3.16. The van der Waals surface area contributed by atoms with Crippen molar-refractivity contribution in [3.63, 3.8) is 0 Å². The van der Waals surface area contributed by atoms with Gasteiger partial charge >= 0.3 is 19.5 Å². The summed E-state index contributed by atoms with van der Waals surface area (Å²) < 4.78 is 1.09. The van der Waals surface area contributed by atoms with Crippen molar-refractivity contribution < 1.29 is 36.5 Å². The standard InChI is InChI=1S/C7H6Br.BrH.Zn/c1-6-3-2-4-7(8)5-6;;/h2-5H,1H2;1H;/q-1;;+2/p-1. The Bertz CT molecular complexity index is 171. The molecule has 1 aromatic carbocycles. The maximum atomic E-state index is 3.75. The fourth-order valence-electron chi connectivity index (χ4n) is 0.537. The topological polar surface area (TPSA) is 0 Å². The van der Waals surface area contributed by atoms with Crippen molar-refractivity contribution in [2.75, 3.05) is 0 Å². The monoisotopic (exact) mass is 312 g/mol. The average molecular weight is 315 g/mol. The first-order valence-electron chi connectivity index (χ1n) is 2.36. The van der Waals surface area contributed by atoms with Gasteiger partial charge in [0, 0.05) is 0 Å². The van der Waals surface area contributed by atoms with Gasteiger partial charge in [0.15, 0.2) is 0 Å². The third-order valence-corrected chi connectivity index (χ3v) is 1.38. The van der Waals surface area contributed by atoms with E-state index >= 15 is 0 Å². The molecule has 0 spiro atoms. The van der Waals surface area contributed by atoms with Gasteiger partial charge in [0.05, 0.1) is 0 Å². The smallest absolute Gasteiger partial charge is 1.00 e. The molecule has 50 valence electrons. The summed E-state index contributed by atoms with van der Waals surface area (Å²) in [5, 5.41) is 0. The predicted molar refractivity (Wildman–Crippen MR) is 38.6 cm³/mol. The second-order valence-corrected chi connectivity index (χ2v) is 2.55. The summed E-state index contributed by atoms with van der Waals surface area (Å²) in [6, 6.07) is 7.88. The Hall–Kier alpha value is 0.673. The molecule has 0 aliphatic carbocycles. The molecule has 0 nitrogen and oxygen atoms in total. The maximum absolute atomic E-state index is 3.75. The van der Waals surface area contributed by atoms with Crippen LogP contribution in [0.25, 0.3) is 0 Å². The Morgan fingerprint density at radius 2 is 1.90 bits per heavy atom. The van der Waals surface area contributed by atoms with E-state index in [4.69, 9.17) is 0 Å². The van der Waals surface area contributed by atoms with E-state index in [1.165, 1.54) is 0 Å². The van der Waals surface area contributed by atoms with Crippen molar-refractivity contribution in [2.45, 2.75) is 0 Å². The molecule has 0 saturated carbocycles. The van der Waals surface area contributed by atoms with Crippen molar-refractivity contribution in [1.29, 1.82) is 0 Å². The van der Waals surface area contributed by atoms with Gasteiger partial charge in [-0.15, -0.1) is 12.1 Å². The van der Waals surface area contributed by atoms with Gasteiger partial charge in [0.2, 0.25) is 0 Å². The molecule has 3 heteroatoms. The number of rotatable bonds is 0. The van der Waals surface area contributed by atoms with E-state index in [2.05, 4.69) is 22.9 Å². The number of benzene rings is 1. The van der Waals surface area contributed by atoms with Crippen LogP contribution in [0.4, 0.5) is 0 Å². The van der Waals surface area contributed by atoms with Crippen molar-refractivity contribution in [2.24, 2.45) is 0 Å². The van der Waals surface area contributed by atoms with E-state index in [0.717, 1.165) is 10.0 Å². The van der Waals surface area contributed by atoms with Crippen LogP contribution in [0, 0.1) is 6.92 Å². The zero-order valence-electron chi connectivity index (χ0n) is 5.48. The van der Waals surface area contributed by atoms with Gasteiger partial charge in [-0.05, 0) is 4.47 Å². The molecule has 0 aliphatic heterocycles. The molecule has 0 amide bonds. The third kappa shape index (κ3) is 4.48. The van der Waals surface area contributed by atoms with Crippen molar-refractivity contribution in [1.82, 2.24) is 0 Å². The molecule has 0 saturated heterocycles. The zero-order chi connectivity index (χ0) is 5.98. The van der Waals surface area contributed by atoms with Crippen LogP contribution in [0.2, 0.25) is 0 Å². The van der Waals surface area contributed by atoms with Crippen molar-refractivity contribution in [3.05, 3.63) is 41.2 Å². The number of hydrogen-bond donors (Lipinski definition) is 0. The summed E-state index contributed by atoms with van der Waals surface area (Å²) in [5.41, 5.74) is 1.04. The van der Waals surface area contributed by atoms with E-state index in [1.807, 2.05) is 24.3 Å². The Morgan fingerprint density at radius 1 is 1.30 bits per heavy atom. The minimum atomic E-state index is 0. The van der Waals surface area contributed by atoms with E-state index < -0.39 is 0 Å². The van der Waals surface area contributed by atoms with Crippen LogP contribution in [0.3, 0.4) is 0 Å². The summed E-state index contributed by atoms with van der Waals surface area (Å²) >= 11 is 3.32. The third-order valence-electron chi connectivity index (χ3n) is 0.889. The zero-order valence-corrected chi connectivity index (χ0v) is 11.6. The molecule has 0 aliphatic rings. The summed E-state index contributed by atoms with van der Waals surface area (Å²) in [6.45, 7) is 3.75. The molecule has 10 heavy (non-hydrogen) atoms. The molecule has 0 aromatic heterocycles. The second kappa shape index (κ2) is 6.39. The van der Waals surface area contributed by atoms with Gasteiger partial charge < -0.3 is 17.0 Å². The average Bonchev–Trinajstić information content (AvgIpc) is 1.64. The van der Waals surface area contributed by atoms with Crippen molar-refractivity contribution in [3.8, 4) is 0 Å². The quantitative estimate of drug-likeness (QED) is 0.453. The van der Waals surface area contributed by atoms with Crippen LogP contribution < -0.4 is 17.0 Å². The fourth-order valence-corrected chi connectivity index (χ4v) is 0.984. The van der Waals surface area contributed by atoms with Crippen LogP contribution in [0.1, 0.15) is 5.56 Å². The molecular weight excluding hydrogens is 309 g/mol. The summed E-state index contributed by atoms with van der Waals surface area (Å²) in [4.78, 5) is 0. The van der Waals surface area contributed by atoms with Crippen LogP contribution in [0.15, 0.2) is 28.7 Å². The predicted octanol–water partition coefficient (Wildman–Crippen LogP) is -0.367. The fraction of sp³-hybridized carbons (Fsp3) is 0. The Kier molecular flexibility index (Phi) is 8.48. The van der Waals surface area contributed by atoms with Gasteiger partial charge in [-0.25, -0.2) is 0 Å². The largest absolute Gasteiger partial charge is 2.00 e. The summed E-state index contributed by atoms with van der Waals surface area (Å²) in [5.74, 6) is 0. The molecule has 0 unspecified atom stereocenters. The van der Waals surface area contributed by atoms with Crippen LogP contribution >= 0.6 is 15.9 Å². The van der Waals surface area contributed by atoms with Crippen LogP contribution in [0.5, 0.6) is 0 Å². The van der Waals surface area contributed by atoms with Gasteiger partial charge in [-0.2, -0.15) is 18.6 Å². The van der Waals surface area contributed by atoms with Gasteiger partial charge in [0.25, 0.3) is 0 Å². The minimum Gasteiger partial charge on any atom is -1.00 e. The number of hydrogen-bond acceptors (Lipinski definition) is 0. The summed E-state index contributed by atoms with van der Waals surface area (Å²) in [6.07, 6.45) is 0. The van der Waals surface area contributed by atoms with Crippen molar-refractivity contribution >= 4 is 15.9 Å². The van der Waals surface area contributed by atoms with Gasteiger partial charge in [0.1, 0.15) is 0 Å². The van der Waals surface area contributed by atoms with E-state index in [9.17, 15) is 0 Å². The molecule has 0 heterocycles. The molecule has 0 radical (unpaired) electrons. The molecular formula is C7H6Br2Zn. The Balaban J connectivity index is 0. The van der Waals surface area contributed by atoms with Crippen LogP contribution in [-0.2, 0) is 19.5 Å². The first-order chi connectivity index (χ1) is 3.79. The van der Waals surface area contributed by atoms with Gasteiger partial charge in [-0.1, -0.05) is 22.0 Å². The van der Waals surface area contributed by atoms with Crippen LogP contribution in [-0.4, -0.2) is 0 Å². The molecule has 1 aromatic rings. The number of halogens is 2. The molecule has 0 bridgehead atoms. The second-order valence-electron chi connectivity index (χ2n) is 1.63.